The van der Waals surface area contributed by atoms with E-state index in [0.717, 1.165) is 29.6 Å². The van der Waals surface area contributed by atoms with Gasteiger partial charge in [-0.25, -0.2) is 9.69 Å². The number of amides is 4. The predicted molar refractivity (Wildman–Crippen MR) is 180 cm³/mol. The van der Waals surface area contributed by atoms with E-state index in [9.17, 15) is 14.4 Å². The summed E-state index contributed by atoms with van der Waals surface area (Å²) >= 11 is 5.57. The molecule has 0 spiro atoms. The van der Waals surface area contributed by atoms with Crippen molar-refractivity contribution in [3.05, 3.63) is 121 Å². The van der Waals surface area contributed by atoms with E-state index >= 15 is 0 Å². The maximum absolute atomic E-state index is 13.5. The van der Waals surface area contributed by atoms with Crippen molar-refractivity contribution < 1.29 is 28.6 Å². The van der Waals surface area contributed by atoms with Gasteiger partial charge in [0.25, 0.3) is 11.8 Å². The summed E-state index contributed by atoms with van der Waals surface area (Å²) < 4.78 is 19.5. The molecule has 4 aromatic carbocycles. The standard InChI is InChI=1S/C34H28BrIN2O6/c1-3-42-30-18-24(17-29(36)31(30)44-20-23-8-10-25(35)11-9-23)16-28-32(39)37-34(41)38(33(28)40)26-12-14-27(15-13-26)43-19-22-6-4-21(2)5-7-22/h4-18H,3,19-20H2,1-2H3,(H,37,39,41)/b28-16+. The second-order valence-corrected chi connectivity index (χ2v) is 12.0. The third-order valence-corrected chi connectivity index (χ3v) is 7.99. The fourth-order valence-electron chi connectivity index (χ4n) is 4.41. The highest BCUT2D eigenvalue weighted by Gasteiger charge is 2.37. The summed E-state index contributed by atoms with van der Waals surface area (Å²) in [6.45, 7) is 4.97. The predicted octanol–water partition coefficient (Wildman–Crippen LogP) is 7.59. The Morgan fingerprint density at radius 3 is 2.14 bits per heavy atom. The number of carbonyl (C=O) groups is 3. The first-order chi connectivity index (χ1) is 21.2. The topological polar surface area (TPSA) is 94.2 Å². The van der Waals surface area contributed by atoms with Crippen molar-refractivity contribution in [2.45, 2.75) is 27.1 Å². The van der Waals surface area contributed by atoms with Gasteiger partial charge in [0.2, 0.25) is 0 Å². The van der Waals surface area contributed by atoms with Crippen LogP contribution in [0.2, 0.25) is 0 Å². The number of anilines is 1. The van der Waals surface area contributed by atoms with E-state index in [2.05, 4.69) is 43.8 Å². The van der Waals surface area contributed by atoms with Crippen molar-refractivity contribution in [2.75, 3.05) is 11.5 Å². The molecule has 0 bridgehead atoms. The zero-order valence-electron chi connectivity index (χ0n) is 23.9. The number of barbiturate groups is 1. The van der Waals surface area contributed by atoms with Gasteiger partial charge in [0.05, 0.1) is 15.9 Å². The third kappa shape index (κ3) is 7.48. The van der Waals surface area contributed by atoms with E-state index in [-0.39, 0.29) is 5.57 Å². The Morgan fingerprint density at radius 2 is 1.48 bits per heavy atom. The van der Waals surface area contributed by atoms with Crippen LogP contribution in [-0.4, -0.2) is 24.5 Å². The molecule has 0 saturated carbocycles. The number of halogens is 2. The van der Waals surface area contributed by atoms with Gasteiger partial charge < -0.3 is 14.2 Å². The molecule has 4 amide bonds. The molecule has 8 nitrogen and oxygen atoms in total. The molecule has 224 valence electrons. The van der Waals surface area contributed by atoms with Gasteiger partial charge in [-0.2, -0.15) is 0 Å². The van der Waals surface area contributed by atoms with Crippen molar-refractivity contribution in [3.8, 4) is 17.2 Å². The number of rotatable bonds is 10. The Kier molecular flexibility index (Phi) is 10.0. The molecule has 0 aromatic heterocycles. The van der Waals surface area contributed by atoms with E-state index < -0.39 is 17.8 Å². The van der Waals surface area contributed by atoms with Crippen LogP contribution < -0.4 is 24.4 Å². The summed E-state index contributed by atoms with van der Waals surface area (Å²) in [4.78, 5) is 40.0. The summed E-state index contributed by atoms with van der Waals surface area (Å²) in [6, 6.07) is 25.0. The van der Waals surface area contributed by atoms with Crippen LogP contribution >= 0.6 is 38.5 Å². The maximum Gasteiger partial charge on any atom is 0.335 e. The second kappa shape index (κ2) is 14.1. The Bertz CT molecular complexity index is 1720. The molecule has 1 fully saturated rings. The Balaban J connectivity index is 1.35. The minimum Gasteiger partial charge on any atom is -0.490 e. The number of benzene rings is 4. The minimum atomic E-state index is -0.827. The Hall–Kier alpha value is -4.16. The Morgan fingerprint density at radius 1 is 0.841 bits per heavy atom. The van der Waals surface area contributed by atoms with Crippen LogP contribution in [0.4, 0.5) is 10.5 Å². The van der Waals surface area contributed by atoms with Crippen LogP contribution in [0.3, 0.4) is 0 Å². The molecule has 0 unspecified atom stereocenters. The highest BCUT2D eigenvalue weighted by Crippen LogP contribution is 2.36. The molecule has 5 rings (SSSR count). The molecule has 0 radical (unpaired) electrons. The number of urea groups is 1. The normalized spacial score (nSPS) is 14.0. The molecule has 0 aliphatic carbocycles. The SMILES string of the molecule is CCOc1cc(/C=C2\C(=O)NC(=O)N(c3ccc(OCc4ccc(C)cc4)cc3)C2=O)cc(I)c1OCc1ccc(Br)cc1. The van der Waals surface area contributed by atoms with Crippen molar-refractivity contribution in [1.29, 1.82) is 0 Å². The molecule has 1 aliphatic heterocycles. The second-order valence-electron chi connectivity index (χ2n) is 9.90. The van der Waals surface area contributed by atoms with Gasteiger partial charge >= 0.3 is 6.03 Å². The van der Waals surface area contributed by atoms with Gasteiger partial charge in [-0.1, -0.05) is 57.9 Å². The van der Waals surface area contributed by atoms with Gasteiger partial charge in [0.1, 0.15) is 24.5 Å². The van der Waals surface area contributed by atoms with Crippen molar-refractivity contribution in [1.82, 2.24) is 5.32 Å². The fourth-order valence-corrected chi connectivity index (χ4v) is 5.46. The molecule has 1 aliphatic rings. The van der Waals surface area contributed by atoms with E-state index in [1.807, 2.05) is 62.4 Å². The van der Waals surface area contributed by atoms with E-state index in [1.54, 1.807) is 36.4 Å². The highest BCUT2D eigenvalue weighted by atomic mass is 127. The van der Waals surface area contributed by atoms with E-state index in [0.29, 0.717) is 48.3 Å². The maximum atomic E-state index is 13.5. The zero-order valence-corrected chi connectivity index (χ0v) is 27.7. The van der Waals surface area contributed by atoms with Gasteiger partial charge in [0.15, 0.2) is 11.5 Å². The summed E-state index contributed by atoms with van der Waals surface area (Å²) in [5.41, 5.74) is 3.82. The summed E-state index contributed by atoms with van der Waals surface area (Å²) in [7, 11) is 0. The zero-order chi connectivity index (χ0) is 31.2. The average Bonchev–Trinajstić information content (AvgIpc) is 3.00. The van der Waals surface area contributed by atoms with Crippen molar-refractivity contribution in [2.24, 2.45) is 0 Å². The van der Waals surface area contributed by atoms with E-state index in [1.165, 1.54) is 6.08 Å². The van der Waals surface area contributed by atoms with Gasteiger partial charge in [0, 0.05) is 4.47 Å². The molecule has 0 atom stereocenters. The van der Waals surface area contributed by atoms with E-state index in [4.69, 9.17) is 14.2 Å². The Labute approximate surface area is 277 Å². The van der Waals surface area contributed by atoms with Crippen LogP contribution in [0.1, 0.15) is 29.2 Å². The largest absolute Gasteiger partial charge is 0.490 e. The number of nitrogens with one attached hydrogen (secondary N) is 1. The number of hydrogen-bond acceptors (Lipinski definition) is 6. The summed E-state index contributed by atoms with van der Waals surface area (Å²) in [5, 5.41) is 2.27. The van der Waals surface area contributed by atoms with Gasteiger partial charge in [-0.15, -0.1) is 0 Å². The molecular formula is C34H28BrIN2O6. The minimum absolute atomic E-state index is 0.189. The first-order valence-electron chi connectivity index (χ1n) is 13.7. The smallest absolute Gasteiger partial charge is 0.335 e. The average molecular weight is 767 g/mol. The van der Waals surface area contributed by atoms with Gasteiger partial charge in [-0.3, -0.25) is 14.9 Å². The third-order valence-electron chi connectivity index (χ3n) is 6.66. The number of nitrogens with zero attached hydrogens (tertiary/aromatic N) is 1. The number of aryl methyl sites for hydroxylation is 1. The van der Waals surface area contributed by atoms with Crippen molar-refractivity contribution in [3.63, 3.8) is 0 Å². The van der Waals surface area contributed by atoms with Crippen LogP contribution in [0.25, 0.3) is 6.08 Å². The number of hydrogen-bond donors (Lipinski definition) is 1. The van der Waals surface area contributed by atoms with Crippen LogP contribution in [-0.2, 0) is 22.8 Å². The van der Waals surface area contributed by atoms with Gasteiger partial charge in [-0.05, 0) is 108 Å². The lowest BCUT2D eigenvalue weighted by Crippen LogP contribution is -2.54. The summed E-state index contributed by atoms with van der Waals surface area (Å²) in [5.74, 6) is 0.0829. The molecule has 4 aromatic rings. The lowest BCUT2D eigenvalue weighted by Gasteiger charge is -2.26. The number of carbonyl (C=O) groups excluding carboxylic acids is 3. The first-order valence-corrected chi connectivity index (χ1v) is 15.6. The van der Waals surface area contributed by atoms with Crippen LogP contribution in [0, 0.1) is 10.5 Å². The number of imide groups is 2. The number of ether oxygens (including phenoxy) is 3. The molecule has 44 heavy (non-hydrogen) atoms. The molecular weight excluding hydrogens is 739 g/mol. The van der Waals surface area contributed by atoms with Crippen LogP contribution in [0.15, 0.2) is 95.0 Å². The quantitative estimate of drug-likeness (QED) is 0.102. The molecule has 10 heteroatoms. The van der Waals surface area contributed by atoms with Crippen molar-refractivity contribution >= 4 is 68.1 Å². The lowest BCUT2D eigenvalue weighted by molar-refractivity contribution is -0.122. The fraction of sp³-hybridized carbons (Fsp3) is 0.147. The first kappa shape index (κ1) is 31.3. The monoisotopic (exact) mass is 766 g/mol. The summed E-state index contributed by atoms with van der Waals surface area (Å²) in [6.07, 6.45) is 1.44. The van der Waals surface area contributed by atoms with Crippen LogP contribution in [0.5, 0.6) is 17.2 Å². The molecule has 1 saturated heterocycles. The lowest BCUT2D eigenvalue weighted by atomic mass is 10.1. The highest BCUT2D eigenvalue weighted by molar-refractivity contribution is 14.1. The molecule has 1 heterocycles. The molecule has 1 N–H and O–H groups in total.